The zero-order valence-electron chi connectivity index (χ0n) is 11.3. The molecule has 0 unspecified atom stereocenters. The molecule has 0 saturated heterocycles. The summed E-state index contributed by atoms with van der Waals surface area (Å²) in [6.45, 7) is 1.96. The summed E-state index contributed by atoms with van der Waals surface area (Å²) in [5.74, 6) is -1.05. The second-order valence-electron chi connectivity index (χ2n) is 4.73. The van der Waals surface area contributed by atoms with Crippen LogP contribution >= 0.6 is 0 Å². The van der Waals surface area contributed by atoms with E-state index in [1.807, 2.05) is 31.2 Å². The van der Waals surface area contributed by atoms with Crippen molar-refractivity contribution in [3.8, 4) is 0 Å². The summed E-state index contributed by atoms with van der Waals surface area (Å²) in [6, 6.07) is 13.7. The van der Waals surface area contributed by atoms with Crippen LogP contribution in [0, 0.1) is 12.7 Å². The third-order valence-electron chi connectivity index (χ3n) is 3.07. The molecule has 21 heavy (non-hydrogen) atoms. The van der Waals surface area contributed by atoms with Crippen molar-refractivity contribution in [1.82, 2.24) is 0 Å². The van der Waals surface area contributed by atoms with Crippen LogP contribution in [0.1, 0.15) is 16.7 Å². The zero-order valence-corrected chi connectivity index (χ0v) is 11.3. The minimum absolute atomic E-state index is 0.00277. The summed E-state index contributed by atoms with van der Waals surface area (Å²) < 4.78 is 18.7. The molecule has 3 nitrogen and oxygen atoms in total. The molecule has 104 valence electrons. The van der Waals surface area contributed by atoms with Crippen molar-refractivity contribution in [2.24, 2.45) is 4.99 Å². The second-order valence-corrected chi connectivity index (χ2v) is 4.73. The van der Waals surface area contributed by atoms with Gasteiger partial charge in [0, 0.05) is 0 Å². The zero-order chi connectivity index (χ0) is 14.8. The van der Waals surface area contributed by atoms with Crippen LogP contribution in [0.2, 0.25) is 0 Å². The Morgan fingerprint density at radius 2 is 1.95 bits per heavy atom. The first-order chi connectivity index (χ1) is 10.1. The maximum atomic E-state index is 13.7. The van der Waals surface area contributed by atoms with E-state index < -0.39 is 11.8 Å². The summed E-state index contributed by atoms with van der Waals surface area (Å²) in [4.78, 5) is 15.9. The van der Waals surface area contributed by atoms with Crippen LogP contribution in [0.15, 0.2) is 59.2 Å². The van der Waals surface area contributed by atoms with Crippen LogP contribution in [0.4, 0.5) is 4.39 Å². The molecule has 1 aliphatic rings. The molecular formula is C17H12FNO2. The summed E-state index contributed by atoms with van der Waals surface area (Å²) in [7, 11) is 0. The maximum Gasteiger partial charge on any atom is 0.363 e. The Bertz CT molecular complexity index is 778. The van der Waals surface area contributed by atoms with E-state index in [0.717, 1.165) is 11.1 Å². The molecule has 1 aliphatic heterocycles. The van der Waals surface area contributed by atoms with Gasteiger partial charge in [-0.2, -0.15) is 0 Å². The number of benzene rings is 2. The number of esters is 1. The van der Waals surface area contributed by atoms with Gasteiger partial charge in [-0.1, -0.05) is 42.0 Å². The smallest absolute Gasteiger partial charge is 0.363 e. The van der Waals surface area contributed by atoms with E-state index in [1.165, 1.54) is 12.1 Å². The predicted octanol–water partition coefficient (Wildman–Crippen LogP) is 3.48. The standard InChI is InChI=1S/C17H12FNO2/c1-11-5-4-6-12(9-11)10-15-17(20)21-16(19-15)13-7-2-3-8-14(13)18/h2-10H,1H3/b15-10+. The van der Waals surface area contributed by atoms with Gasteiger partial charge < -0.3 is 4.74 Å². The van der Waals surface area contributed by atoms with E-state index >= 15 is 0 Å². The van der Waals surface area contributed by atoms with E-state index in [4.69, 9.17) is 4.74 Å². The number of hydrogen-bond acceptors (Lipinski definition) is 3. The normalized spacial score (nSPS) is 16.0. The first kappa shape index (κ1) is 13.2. The average molecular weight is 281 g/mol. The van der Waals surface area contributed by atoms with Crippen molar-refractivity contribution in [3.63, 3.8) is 0 Å². The van der Waals surface area contributed by atoms with Crippen LogP contribution in [0.3, 0.4) is 0 Å². The molecule has 0 aromatic heterocycles. The molecule has 0 bridgehead atoms. The summed E-state index contributed by atoms with van der Waals surface area (Å²) in [5, 5.41) is 0. The number of carbonyl (C=O) groups excluding carboxylic acids is 1. The van der Waals surface area contributed by atoms with Gasteiger partial charge in [-0.15, -0.1) is 0 Å². The SMILES string of the molecule is Cc1cccc(/C=C2/N=C(c3ccccc3F)OC2=O)c1. The Kier molecular flexibility index (Phi) is 3.36. The largest absolute Gasteiger partial charge is 0.402 e. The number of hydrogen-bond donors (Lipinski definition) is 0. The highest BCUT2D eigenvalue weighted by atomic mass is 19.1. The van der Waals surface area contributed by atoms with Crippen molar-refractivity contribution in [2.45, 2.75) is 6.92 Å². The number of halogens is 1. The first-order valence-corrected chi connectivity index (χ1v) is 6.47. The van der Waals surface area contributed by atoms with E-state index in [2.05, 4.69) is 4.99 Å². The van der Waals surface area contributed by atoms with Crippen molar-refractivity contribution >= 4 is 17.9 Å². The Morgan fingerprint density at radius 1 is 1.14 bits per heavy atom. The lowest BCUT2D eigenvalue weighted by Crippen LogP contribution is -2.07. The highest BCUT2D eigenvalue weighted by Crippen LogP contribution is 2.20. The highest BCUT2D eigenvalue weighted by Gasteiger charge is 2.25. The average Bonchev–Trinajstić information content (AvgIpc) is 2.80. The number of cyclic esters (lactones) is 1. The van der Waals surface area contributed by atoms with Crippen molar-refractivity contribution in [3.05, 3.63) is 76.7 Å². The maximum absolute atomic E-state index is 13.7. The lowest BCUT2D eigenvalue weighted by molar-refractivity contribution is -0.129. The number of aryl methyl sites for hydroxylation is 1. The fourth-order valence-corrected chi connectivity index (χ4v) is 2.08. The van der Waals surface area contributed by atoms with Crippen LogP contribution in [0.25, 0.3) is 6.08 Å². The summed E-state index contributed by atoms with van der Waals surface area (Å²) >= 11 is 0. The molecule has 0 fully saturated rings. The van der Waals surface area contributed by atoms with Crippen LogP contribution in [-0.4, -0.2) is 11.9 Å². The summed E-state index contributed by atoms with van der Waals surface area (Å²) in [6.07, 6.45) is 1.63. The molecule has 0 spiro atoms. The topological polar surface area (TPSA) is 38.7 Å². The molecule has 0 atom stereocenters. The second kappa shape index (κ2) is 5.32. The lowest BCUT2D eigenvalue weighted by atomic mass is 10.1. The molecule has 0 aliphatic carbocycles. The van der Waals surface area contributed by atoms with Gasteiger partial charge in [-0.05, 0) is 30.7 Å². The fraction of sp³-hybridized carbons (Fsp3) is 0.0588. The van der Waals surface area contributed by atoms with Crippen molar-refractivity contribution in [2.75, 3.05) is 0 Å². The Balaban J connectivity index is 1.98. The van der Waals surface area contributed by atoms with Gasteiger partial charge in [0.15, 0.2) is 5.70 Å². The van der Waals surface area contributed by atoms with E-state index in [-0.39, 0.29) is 17.2 Å². The minimum atomic E-state index is -0.574. The quantitative estimate of drug-likeness (QED) is 0.624. The Hall–Kier alpha value is -2.75. The van der Waals surface area contributed by atoms with Crippen molar-refractivity contribution in [1.29, 1.82) is 0 Å². The molecule has 0 N–H and O–H groups in total. The van der Waals surface area contributed by atoms with Gasteiger partial charge in [0.05, 0.1) is 5.56 Å². The molecule has 4 heteroatoms. The Morgan fingerprint density at radius 3 is 2.71 bits per heavy atom. The number of rotatable bonds is 2. The lowest BCUT2D eigenvalue weighted by Gasteiger charge is -1.99. The molecular weight excluding hydrogens is 269 g/mol. The predicted molar refractivity (Wildman–Crippen MR) is 78.2 cm³/mol. The third-order valence-corrected chi connectivity index (χ3v) is 3.07. The summed E-state index contributed by atoms with van der Waals surface area (Å²) in [5.41, 5.74) is 2.27. The van der Waals surface area contributed by atoms with Crippen LogP contribution < -0.4 is 0 Å². The fourth-order valence-electron chi connectivity index (χ4n) is 2.08. The molecule has 2 aromatic carbocycles. The Labute approximate surface area is 121 Å². The van der Waals surface area contributed by atoms with E-state index in [1.54, 1.807) is 18.2 Å². The van der Waals surface area contributed by atoms with Gasteiger partial charge in [0.2, 0.25) is 5.90 Å². The van der Waals surface area contributed by atoms with Gasteiger partial charge in [0.25, 0.3) is 0 Å². The van der Waals surface area contributed by atoms with E-state index in [9.17, 15) is 9.18 Å². The molecule has 1 heterocycles. The van der Waals surface area contributed by atoms with Crippen molar-refractivity contribution < 1.29 is 13.9 Å². The number of nitrogens with zero attached hydrogens (tertiary/aromatic N) is 1. The monoisotopic (exact) mass is 281 g/mol. The molecule has 3 rings (SSSR count). The molecule has 2 aromatic rings. The number of aliphatic imine (C=N–C) groups is 1. The highest BCUT2D eigenvalue weighted by molar-refractivity contribution is 6.12. The van der Waals surface area contributed by atoms with Crippen LogP contribution in [-0.2, 0) is 9.53 Å². The van der Waals surface area contributed by atoms with E-state index in [0.29, 0.717) is 0 Å². The first-order valence-electron chi connectivity index (χ1n) is 6.47. The molecule has 0 saturated carbocycles. The number of ether oxygens (including phenoxy) is 1. The van der Waals surface area contributed by atoms with Gasteiger partial charge >= 0.3 is 5.97 Å². The molecule has 0 radical (unpaired) electrons. The number of carbonyl (C=O) groups is 1. The van der Waals surface area contributed by atoms with Gasteiger partial charge in [-0.25, -0.2) is 14.2 Å². The van der Waals surface area contributed by atoms with Gasteiger partial charge in [-0.3, -0.25) is 0 Å². The third kappa shape index (κ3) is 2.74. The minimum Gasteiger partial charge on any atom is -0.402 e. The van der Waals surface area contributed by atoms with Crippen LogP contribution in [0.5, 0.6) is 0 Å². The van der Waals surface area contributed by atoms with Gasteiger partial charge in [0.1, 0.15) is 5.82 Å². The molecule has 0 amide bonds.